The third-order valence-corrected chi connectivity index (χ3v) is 4.58. The summed E-state index contributed by atoms with van der Waals surface area (Å²) in [6.07, 6.45) is 1.17. The smallest absolute Gasteiger partial charge is 0.276 e. The molecule has 1 heterocycles. The van der Waals surface area contributed by atoms with Crippen molar-refractivity contribution in [3.05, 3.63) is 113 Å². The maximum Gasteiger partial charge on any atom is 0.356 e. The number of para-hydroxylation sites is 2. The molecule has 33 heavy (non-hydrogen) atoms. The monoisotopic (exact) mass is 441 g/mol. The van der Waals surface area contributed by atoms with Crippen LogP contribution >= 0.6 is 0 Å². The van der Waals surface area contributed by atoms with E-state index in [0.29, 0.717) is 5.56 Å². The summed E-state index contributed by atoms with van der Waals surface area (Å²) in [6, 6.07) is 27.0. The van der Waals surface area contributed by atoms with Gasteiger partial charge in [-0.2, -0.15) is 0 Å². The molecule has 1 aromatic heterocycles. The molecule has 0 radical (unpaired) electrons. The summed E-state index contributed by atoms with van der Waals surface area (Å²) in [7, 11) is 0. The second-order valence-electron chi connectivity index (χ2n) is 6.74. The Balaban J connectivity index is 1.64. The molecule has 0 atom stereocenters. The summed E-state index contributed by atoms with van der Waals surface area (Å²) < 4.78 is 0. The van der Waals surface area contributed by atoms with Crippen LogP contribution in [0.4, 0.5) is 28.7 Å². The van der Waals surface area contributed by atoms with Crippen LogP contribution < -0.4 is 21.3 Å². The van der Waals surface area contributed by atoms with Crippen molar-refractivity contribution in [1.29, 1.82) is 0 Å². The van der Waals surface area contributed by atoms with Gasteiger partial charge in [-0.3, -0.25) is 36.2 Å². The normalized spacial score (nSPS) is 10.2. The Morgan fingerprint density at radius 1 is 0.788 bits per heavy atom. The molecule has 1 amide bonds. The molecule has 0 aliphatic heterocycles. The molecule has 3 N–H and O–H groups in total. The van der Waals surface area contributed by atoms with Crippen LogP contribution in [-0.4, -0.2) is 20.8 Å². The molecule has 0 saturated heterocycles. The predicted molar refractivity (Wildman–Crippen MR) is 125 cm³/mol. The van der Waals surface area contributed by atoms with E-state index in [2.05, 4.69) is 26.2 Å². The largest absolute Gasteiger partial charge is 0.356 e. The Kier molecular flexibility index (Phi) is 6.36. The molecule has 4 aromatic rings. The third kappa shape index (κ3) is 5.02. The van der Waals surface area contributed by atoms with E-state index < -0.39 is 16.5 Å². The van der Waals surface area contributed by atoms with Crippen molar-refractivity contribution in [3.63, 3.8) is 0 Å². The van der Waals surface area contributed by atoms with Gasteiger partial charge in [0.15, 0.2) is 0 Å². The van der Waals surface area contributed by atoms with Gasteiger partial charge in [0.1, 0.15) is 6.33 Å². The van der Waals surface area contributed by atoms with Gasteiger partial charge >= 0.3 is 5.69 Å². The number of benzene rings is 3. The number of amides is 1. The minimum Gasteiger partial charge on any atom is -0.276 e. The molecule has 3 aromatic carbocycles. The van der Waals surface area contributed by atoms with Gasteiger partial charge in [-0.1, -0.05) is 54.6 Å². The summed E-state index contributed by atoms with van der Waals surface area (Å²) in [6.45, 7) is 0. The highest BCUT2D eigenvalue weighted by atomic mass is 16.6. The molecule has 0 aliphatic rings. The van der Waals surface area contributed by atoms with E-state index in [1.807, 2.05) is 60.7 Å². The highest BCUT2D eigenvalue weighted by Gasteiger charge is 2.25. The summed E-state index contributed by atoms with van der Waals surface area (Å²) in [5, 5.41) is 13.6. The summed E-state index contributed by atoms with van der Waals surface area (Å²) in [5.74, 6) is -0.685. The number of carbonyl (C=O) groups is 1. The van der Waals surface area contributed by atoms with Gasteiger partial charge in [0, 0.05) is 5.56 Å². The molecule has 0 saturated carbocycles. The number of aromatic nitrogens is 2. The van der Waals surface area contributed by atoms with Gasteiger partial charge in [-0.05, 0) is 36.4 Å². The summed E-state index contributed by atoms with van der Waals surface area (Å²) in [4.78, 5) is 31.6. The number of nitrogens with zero attached hydrogens (tertiary/aromatic N) is 4. The number of rotatable bonds is 8. The second kappa shape index (κ2) is 9.88. The molecule has 0 spiro atoms. The quantitative estimate of drug-likeness (QED) is 0.273. The lowest BCUT2D eigenvalue weighted by Crippen LogP contribution is -2.31. The van der Waals surface area contributed by atoms with Crippen molar-refractivity contribution in [2.75, 3.05) is 15.9 Å². The first-order valence-electron chi connectivity index (χ1n) is 9.91. The first-order valence-corrected chi connectivity index (χ1v) is 9.91. The van der Waals surface area contributed by atoms with Crippen LogP contribution in [0.1, 0.15) is 10.4 Å². The maximum atomic E-state index is 12.3. The van der Waals surface area contributed by atoms with Crippen molar-refractivity contribution in [3.8, 4) is 0 Å². The third-order valence-electron chi connectivity index (χ3n) is 4.58. The Bertz CT molecular complexity index is 1200. The van der Waals surface area contributed by atoms with Crippen LogP contribution in [-0.2, 0) is 0 Å². The number of nitrogens with one attached hydrogen (secondary N) is 3. The standard InChI is InChI=1S/C23H19N7O3/c31-23(17-10-4-1-5-11-17)27-26-21-20(30(32)33)22(25-16-24-21)28-29(18-12-6-2-7-13-18)19-14-8-3-9-15-19/h1-16H,(H,27,31)(H2,24,25,26,28). The van der Waals surface area contributed by atoms with E-state index in [1.165, 1.54) is 6.33 Å². The fraction of sp³-hybridized carbons (Fsp3) is 0. The maximum absolute atomic E-state index is 12.3. The van der Waals surface area contributed by atoms with Crippen molar-refractivity contribution in [1.82, 2.24) is 15.4 Å². The molecule has 0 aliphatic carbocycles. The minimum atomic E-state index is -0.618. The number of hydrogen-bond donors (Lipinski definition) is 3. The van der Waals surface area contributed by atoms with Crippen LogP contribution in [0, 0.1) is 10.1 Å². The van der Waals surface area contributed by atoms with Crippen molar-refractivity contribution >= 4 is 34.6 Å². The van der Waals surface area contributed by atoms with Crippen LogP contribution in [0.15, 0.2) is 97.3 Å². The zero-order chi connectivity index (χ0) is 23.0. The zero-order valence-corrected chi connectivity index (χ0v) is 17.3. The van der Waals surface area contributed by atoms with E-state index in [9.17, 15) is 14.9 Å². The highest BCUT2D eigenvalue weighted by molar-refractivity contribution is 5.95. The number of carbonyl (C=O) groups excluding carboxylic acids is 1. The fourth-order valence-electron chi connectivity index (χ4n) is 3.04. The molecule has 164 valence electrons. The molecule has 0 unspecified atom stereocenters. The Morgan fingerprint density at radius 2 is 1.30 bits per heavy atom. The molecule has 10 nitrogen and oxygen atoms in total. The summed E-state index contributed by atoms with van der Waals surface area (Å²) >= 11 is 0. The number of nitro groups is 1. The van der Waals surface area contributed by atoms with Crippen molar-refractivity contribution in [2.45, 2.75) is 0 Å². The fourth-order valence-corrected chi connectivity index (χ4v) is 3.04. The molecule has 10 heteroatoms. The Labute approximate surface area is 189 Å². The van der Waals surface area contributed by atoms with Gasteiger partial charge in [0.2, 0.25) is 11.6 Å². The topological polar surface area (TPSA) is 125 Å². The molecule has 4 rings (SSSR count). The van der Waals surface area contributed by atoms with Crippen molar-refractivity contribution in [2.24, 2.45) is 0 Å². The Morgan fingerprint density at radius 3 is 1.85 bits per heavy atom. The highest BCUT2D eigenvalue weighted by Crippen LogP contribution is 2.32. The zero-order valence-electron chi connectivity index (χ0n) is 17.3. The lowest BCUT2D eigenvalue weighted by atomic mass is 10.2. The minimum absolute atomic E-state index is 0.0563. The number of anilines is 4. The number of hydrogen-bond acceptors (Lipinski definition) is 8. The second-order valence-corrected chi connectivity index (χ2v) is 6.74. The molecule has 0 bridgehead atoms. The van der Waals surface area contributed by atoms with Crippen LogP contribution in [0.3, 0.4) is 0 Å². The lowest BCUT2D eigenvalue weighted by Gasteiger charge is -2.26. The van der Waals surface area contributed by atoms with Gasteiger partial charge in [-0.15, -0.1) is 0 Å². The van der Waals surface area contributed by atoms with Gasteiger partial charge in [0.05, 0.1) is 16.3 Å². The van der Waals surface area contributed by atoms with Gasteiger partial charge in [-0.25, -0.2) is 9.97 Å². The Hall–Kier alpha value is -4.99. The average Bonchev–Trinajstić information content (AvgIpc) is 2.87. The van der Waals surface area contributed by atoms with E-state index in [4.69, 9.17) is 0 Å². The van der Waals surface area contributed by atoms with E-state index in [0.717, 1.165) is 11.4 Å². The SMILES string of the molecule is O=C(NNc1ncnc(NN(c2ccccc2)c2ccccc2)c1[N+](=O)[O-])c1ccccc1. The summed E-state index contributed by atoms with van der Waals surface area (Å²) in [5.41, 5.74) is 9.41. The molecule has 0 fully saturated rings. The predicted octanol–water partition coefficient (Wildman–Crippen LogP) is 4.31. The van der Waals surface area contributed by atoms with E-state index in [-0.39, 0.29) is 11.6 Å². The van der Waals surface area contributed by atoms with E-state index in [1.54, 1.807) is 35.3 Å². The van der Waals surface area contributed by atoms with Crippen molar-refractivity contribution < 1.29 is 9.72 Å². The van der Waals surface area contributed by atoms with Crippen LogP contribution in [0.25, 0.3) is 0 Å². The van der Waals surface area contributed by atoms with Crippen LogP contribution in [0.5, 0.6) is 0 Å². The first-order chi connectivity index (χ1) is 16.1. The number of hydrazine groups is 2. The first kappa shape index (κ1) is 21.2. The average molecular weight is 441 g/mol. The molecular formula is C23H19N7O3. The van der Waals surface area contributed by atoms with Gasteiger partial charge in [0.25, 0.3) is 5.91 Å². The van der Waals surface area contributed by atoms with Crippen LogP contribution in [0.2, 0.25) is 0 Å². The molecular weight excluding hydrogens is 422 g/mol. The lowest BCUT2D eigenvalue weighted by molar-refractivity contribution is -0.383. The van der Waals surface area contributed by atoms with Gasteiger partial charge < -0.3 is 0 Å². The van der Waals surface area contributed by atoms with E-state index >= 15 is 0 Å².